The monoisotopic (exact) mass is 554 g/mol. The van der Waals surface area contributed by atoms with E-state index in [9.17, 15) is 0 Å². The van der Waals surface area contributed by atoms with Crippen LogP contribution in [0.5, 0.6) is 0 Å². The summed E-state index contributed by atoms with van der Waals surface area (Å²) in [7, 11) is 0. The maximum absolute atomic E-state index is 4.37. The zero-order valence-electron chi connectivity index (χ0n) is 23.9. The molecule has 206 valence electrons. The maximum Gasteiger partial charge on any atom is 0.0346 e. The Balaban J connectivity index is 1.47. The van der Waals surface area contributed by atoms with Gasteiger partial charge in [-0.25, -0.2) is 0 Å². The van der Waals surface area contributed by atoms with Crippen molar-refractivity contribution >= 4 is 16.7 Å². The second-order valence-corrected chi connectivity index (χ2v) is 10.3. The lowest BCUT2D eigenvalue weighted by molar-refractivity contribution is 1.30. The lowest BCUT2D eigenvalue weighted by atomic mass is 9.91. The molecule has 0 saturated carbocycles. The van der Waals surface area contributed by atoms with E-state index < -0.39 is 0 Å². The number of benzene rings is 2. The first kappa shape index (κ1) is 27.4. The highest BCUT2D eigenvalue weighted by Crippen LogP contribution is 2.34. The average Bonchev–Trinajstić information content (AvgIpc) is 3.09. The predicted octanol–water partition coefficient (Wildman–Crippen LogP) is 9.47. The molecule has 0 saturated heterocycles. The van der Waals surface area contributed by atoms with Gasteiger partial charge in [0.05, 0.1) is 0 Å². The normalized spacial score (nSPS) is 11.7. The molecule has 4 heterocycles. The lowest BCUT2D eigenvalue weighted by Gasteiger charge is -2.13. The fourth-order valence-electron chi connectivity index (χ4n) is 5.02. The third kappa shape index (κ3) is 6.61. The summed E-state index contributed by atoms with van der Waals surface area (Å²) in [4.78, 5) is 17.3. The Hall–Kier alpha value is -5.74. The Bertz CT molecular complexity index is 1850. The van der Waals surface area contributed by atoms with E-state index in [1.165, 1.54) is 0 Å². The van der Waals surface area contributed by atoms with Crippen LogP contribution in [-0.2, 0) is 0 Å². The summed E-state index contributed by atoms with van der Waals surface area (Å²) in [6.07, 6.45) is 19.0. The smallest absolute Gasteiger partial charge is 0.0346 e. The minimum absolute atomic E-state index is 0.890. The highest BCUT2D eigenvalue weighted by molar-refractivity contribution is 5.92. The van der Waals surface area contributed by atoms with Crippen molar-refractivity contribution < 1.29 is 0 Å². The number of pyridine rings is 4. The van der Waals surface area contributed by atoms with Crippen molar-refractivity contribution in [2.24, 2.45) is 0 Å². The molecule has 0 amide bonds. The van der Waals surface area contributed by atoms with Crippen molar-refractivity contribution in [1.29, 1.82) is 0 Å². The molecule has 0 unspecified atom stereocenters. The van der Waals surface area contributed by atoms with Gasteiger partial charge in [0.1, 0.15) is 0 Å². The molecule has 2 aromatic carbocycles. The fraction of sp³-hybridized carbons (Fsp3) is 0.0256. The summed E-state index contributed by atoms with van der Waals surface area (Å²) in [5.74, 6) is 0. The highest BCUT2D eigenvalue weighted by Gasteiger charge is 2.10. The first-order valence-corrected chi connectivity index (χ1v) is 14.1. The summed E-state index contributed by atoms with van der Waals surface area (Å²) >= 11 is 0. The third-order valence-corrected chi connectivity index (χ3v) is 7.30. The van der Waals surface area contributed by atoms with E-state index >= 15 is 0 Å². The van der Waals surface area contributed by atoms with Crippen molar-refractivity contribution in [2.45, 2.75) is 6.92 Å². The standard InChI is InChI=1S/C39H30N4/c1-28(32-10-4-14-40-24-32)18-36(19-29(2)33-11-5-15-41-25-33)30-8-3-9-31(20-30)37-21-38(34-12-6-16-42-26-34)23-39(22-37)35-13-7-17-43-27-35/h3-27H,1H2,2H3/b29-19+,36-18+. The van der Waals surface area contributed by atoms with Gasteiger partial charge < -0.3 is 0 Å². The van der Waals surface area contributed by atoms with Crippen molar-refractivity contribution in [3.05, 3.63) is 176 Å². The highest BCUT2D eigenvalue weighted by atomic mass is 14.6. The van der Waals surface area contributed by atoms with Crippen LogP contribution in [-0.4, -0.2) is 19.9 Å². The van der Waals surface area contributed by atoms with Crippen molar-refractivity contribution in [2.75, 3.05) is 0 Å². The zero-order valence-corrected chi connectivity index (χ0v) is 23.9. The van der Waals surface area contributed by atoms with Crippen LogP contribution in [0.25, 0.3) is 50.1 Å². The molecule has 0 bridgehead atoms. The molecule has 0 aliphatic rings. The molecule has 0 N–H and O–H groups in total. The molecule has 0 radical (unpaired) electrons. The molecule has 0 atom stereocenters. The van der Waals surface area contributed by atoms with Gasteiger partial charge in [-0.2, -0.15) is 0 Å². The Morgan fingerprint density at radius 1 is 0.488 bits per heavy atom. The van der Waals surface area contributed by atoms with Crippen LogP contribution in [0.2, 0.25) is 0 Å². The third-order valence-electron chi connectivity index (χ3n) is 7.30. The van der Waals surface area contributed by atoms with Gasteiger partial charge in [0.15, 0.2) is 0 Å². The number of aromatic nitrogens is 4. The van der Waals surface area contributed by atoms with E-state index in [1.54, 1.807) is 24.8 Å². The first-order valence-electron chi connectivity index (χ1n) is 14.1. The van der Waals surface area contributed by atoms with E-state index in [4.69, 9.17) is 0 Å². The van der Waals surface area contributed by atoms with Gasteiger partial charge >= 0.3 is 0 Å². The zero-order chi connectivity index (χ0) is 29.4. The van der Waals surface area contributed by atoms with E-state index in [1.807, 2.05) is 55.1 Å². The van der Waals surface area contributed by atoms with Gasteiger partial charge in [0, 0.05) is 60.7 Å². The molecule has 0 aliphatic carbocycles. The van der Waals surface area contributed by atoms with Crippen LogP contribution in [0.15, 0.2) is 159 Å². The molecule has 4 heteroatoms. The molecule has 6 rings (SSSR count). The fourth-order valence-corrected chi connectivity index (χ4v) is 5.02. The van der Waals surface area contributed by atoms with Crippen LogP contribution >= 0.6 is 0 Å². The number of hydrogen-bond acceptors (Lipinski definition) is 4. The predicted molar refractivity (Wildman–Crippen MR) is 177 cm³/mol. The largest absolute Gasteiger partial charge is 0.264 e. The molecular formula is C39H30N4. The molecule has 6 aromatic rings. The quantitative estimate of drug-likeness (QED) is 0.176. The number of nitrogens with zero attached hydrogens (tertiary/aromatic N) is 4. The van der Waals surface area contributed by atoms with E-state index in [0.717, 1.165) is 66.8 Å². The van der Waals surface area contributed by atoms with Gasteiger partial charge in [-0.1, -0.05) is 55.1 Å². The summed E-state index contributed by atoms with van der Waals surface area (Å²) in [5.41, 5.74) is 12.7. The SMILES string of the molecule is C=C(/C=C(\C=C(/C)c1cccnc1)c1cccc(-c2cc(-c3cccnc3)cc(-c3cccnc3)c2)c1)c1cccnc1. The Labute approximate surface area is 252 Å². The van der Waals surface area contributed by atoms with E-state index in [-0.39, 0.29) is 0 Å². The van der Waals surface area contributed by atoms with Gasteiger partial charge in [0.2, 0.25) is 0 Å². The number of rotatable bonds is 8. The second-order valence-electron chi connectivity index (χ2n) is 10.3. The molecular weight excluding hydrogens is 524 g/mol. The van der Waals surface area contributed by atoms with Gasteiger partial charge in [-0.05, 0) is 117 Å². The van der Waals surface area contributed by atoms with Gasteiger partial charge in [-0.15, -0.1) is 0 Å². The Kier molecular flexibility index (Phi) is 8.19. The average molecular weight is 555 g/mol. The minimum atomic E-state index is 0.890. The van der Waals surface area contributed by atoms with Crippen molar-refractivity contribution in [1.82, 2.24) is 19.9 Å². The molecule has 4 nitrogen and oxygen atoms in total. The summed E-state index contributed by atoms with van der Waals surface area (Å²) < 4.78 is 0. The molecule has 0 aliphatic heterocycles. The summed E-state index contributed by atoms with van der Waals surface area (Å²) in [6, 6.07) is 31.4. The molecule has 0 fully saturated rings. The van der Waals surface area contributed by atoms with Crippen LogP contribution in [0.4, 0.5) is 0 Å². The van der Waals surface area contributed by atoms with Crippen LogP contribution < -0.4 is 0 Å². The minimum Gasteiger partial charge on any atom is -0.264 e. The topological polar surface area (TPSA) is 51.6 Å². The first-order chi connectivity index (χ1) is 21.1. The van der Waals surface area contributed by atoms with Gasteiger partial charge in [-0.3, -0.25) is 19.9 Å². The number of allylic oxidation sites excluding steroid dienone is 5. The molecule has 4 aromatic heterocycles. The molecule has 0 spiro atoms. The Morgan fingerprint density at radius 3 is 1.51 bits per heavy atom. The van der Waals surface area contributed by atoms with E-state index in [2.05, 4.69) is 106 Å². The second kappa shape index (κ2) is 12.8. The van der Waals surface area contributed by atoms with Crippen molar-refractivity contribution in [3.8, 4) is 33.4 Å². The lowest BCUT2D eigenvalue weighted by Crippen LogP contribution is -1.90. The molecule has 43 heavy (non-hydrogen) atoms. The maximum atomic E-state index is 4.37. The summed E-state index contributed by atoms with van der Waals surface area (Å²) in [6.45, 7) is 6.48. The van der Waals surface area contributed by atoms with Crippen LogP contribution in [0.1, 0.15) is 23.6 Å². The Morgan fingerprint density at radius 2 is 0.977 bits per heavy atom. The van der Waals surface area contributed by atoms with E-state index in [0.29, 0.717) is 0 Å². The van der Waals surface area contributed by atoms with Crippen LogP contribution in [0.3, 0.4) is 0 Å². The van der Waals surface area contributed by atoms with Crippen molar-refractivity contribution in [3.63, 3.8) is 0 Å². The van der Waals surface area contributed by atoms with Gasteiger partial charge in [0.25, 0.3) is 0 Å². The summed E-state index contributed by atoms with van der Waals surface area (Å²) in [5, 5.41) is 0. The van der Waals surface area contributed by atoms with Crippen LogP contribution in [0, 0.1) is 0 Å². The number of hydrogen-bond donors (Lipinski definition) is 0.